The molecule has 0 atom stereocenters. The van der Waals surface area contributed by atoms with Gasteiger partial charge < -0.3 is 24.4 Å². The van der Waals surface area contributed by atoms with Gasteiger partial charge in [0.15, 0.2) is 17.5 Å². The van der Waals surface area contributed by atoms with Gasteiger partial charge in [0.1, 0.15) is 0 Å². The highest BCUT2D eigenvalue weighted by Gasteiger charge is 2.22. The number of halogens is 1. The van der Waals surface area contributed by atoms with E-state index >= 15 is 0 Å². The molecule has 1 aliphatic heterocycles. The number of guanidine groups is 1. The molecule has 158 valence electrons. The van der Waals surface area contributed by atoms with E-state index in [1.807, 2.05) is 0 Å². The number of nitrogens with zero attached hydrogens (tertiary/aromatic N) is 2. The van der Waals surface area contributed by atoms with Gasteiger partial charge in [-0.15, -0.1) is 24.0 Å². The lowest BCUT2D eigenvalue weighted by molar-refractivity contribution is 0.123. The number of hydrogen-bond acceptors (Lipinski definition) is 4. The van der Waals surface area contributed by atoms with Crippen molar-refractivity contribution in [2.45, 2.75) is 39.2 Å². The number of hydrogen-bond donors (Lipinski definition) is 1. The van der Waals surface area contributed by atoms with Crippen LogP contribution >= 0.6 is 24.0 Å². The number of aliphatic imine (C=N–C) groups is 1. The quantitative estimate of drug-likeness (QED) is 0.242. The number of ether oxygens (including phenoxy) is 3. The number of nitrogens with one attached hydrogen (secondary N) is 1. The molecule has 2 aliphatic rings. The minimum absolute atomic E-state index is 0. The smallest absolute Gasteiger partial charge is 0.194 e. The molecule has 1 aromatic rings. The molecule has 28 heavy (non-hydrogen) atoms. The normalized spacial score (nSPS) is 16.2. The number of fused-ring (bicyclic) bond motifs is 1. The Hall–Kier alpha value is -1.22. The molecule has 7 heteroatoms. The van der Waals surface area contributed by atoms with Crippen molar-refractivity contribution in [3.63, 3.8) is 0 Å². The Morgan fingerprint density at radius 3 is 2.54 bits per heavy atom. The van der Waals surface area contributed by atoms with E-state index in [9.17, 15) is 0 Å². The highest BCUT2D eigenvalue weighted by Crippen LogP contribution is 2.33. The second-order valence-electron chi connectivity index (χ2n) is 7.25. The Morgan fingerprint density at radius 2 is 1.89 bits per heavy atom. The van der Waals surface area contributed by atoms with Crippen LogP contribution in [0, 0.1) is 5.92 Å². The molecule has 0 unspecified atom stereocenters. The molecule has 0 amide bonds. The van der Waals surface area contributed by atoms with Crippen molar-refractivity contribution in [3.8, 4) is 11.5 Å². The van der Waals surface area contributed by atoms with Gasteiger partial charge in [0.25, 0.3) is 0 Å². The van der Waals surface area contributed by atoms with Crippen molar-refractivity contribution < 1.29 is 14.2 Å². The minimum atomic E-state index is 0. The van der Waals surface area contributed by atoms with Crippen molar-refractivity contribution in [1.82, 2.24) is 10.2 Å². The summed E-state index contributed by atoms with van der Waals surface area (Å²) >= 11 is 0. The van der Waals surface area contributed by atoms with Crippen molar-refractivity contribution in [2.75, 3.05) is 47.1 Å². The van der Waals surface area contributed by atoms with Crippen LogP contribution in [0.5, 0.6) is 11.5 Å². The van der Waals surface area contributed by atoms with Crippen LogP contribution in [0.25, 0.3) is 0 Å². The maximum Gasteiger partial charge on any atom is 0.194 e. The summed E-state index contributed by atoms with van der Waals surface area (Å²) in [6.07, 6.45) is 4.63. The average molecular weight is 503 g/mol. The predicted molar refractivity (Wildman–Crippen MR) is 123 cm³/mol. The van der Waals surface area contributed by atoms with E-state index in [0.29, 0.717) is 0 Å². The number of methoxy groups -OCH3 is 2. The average Bonchev–Trinajstić information content (AvgIpc) is 3.52. The second-order valence-corrected chi connectivity index (χ2v) is 7.25. The molecular formula is C21H34IN3O3. The number of rotatable bonds is 9. The summed E-state index contributed by atoms with van der Waals surface area (Å²) < 4.78 is 16.6. The summed E-state index contributed by atoms with van der Waals surface area (Å²) in [5.74, 6) is 3.40. The fourth-order valence-electron chi connectivity index (χ4n) is 3.38. The van der Waals surface area contributed by atoms with E-state index in [4.69, 9.17) is 19.2 Å². The predicted octanol–water partition coefficient (Wildman–Crippen LogP) is 3.46. The van der Waals surface area contributed by atoms with Crippen molar-refractivity contribution in [2.24, 2.45) is 10.9 Å². The van der Waals surface area contributed by atoms with E-state index in [0.717, 1.165) is 75.6 Å². The first-order chi connectivity index (χ1) is 13.2. The molecule has 3 rings (SSSR count). The van der Waals surface area contributed by atoms with Gasteiger partial charge in [-0.05, 0) is 61.8 Å². The van der Waals surface area contributed by atoms with Gasteiger partial charge >= 0.3 is 0 Å². The number of benzene rings is 1. The summed E-state index contributed by atoms with van der Waals surface area (Å²) in [6, 6.07) is 4.20. The summed E-state index contributed by atoms with van der Waals surface area (Å²) in [7, 11) is 3.37. The molecule has 0 spiro atoms. The third-order valence-corrected chi connectivity index (χ3v) is 5.11. The van der Waals surface area contributed by atoms with Crippen LogP contribution in [0.3, 0.4) is 0 Å². The fourth-order valence-corrected chi connectivity index (χ4v) is 3.38. The molecular weight excluding hydrogens is 469 g/mol. The van der Waals surface area contributed by atoms with Gasteiger partial charge in [0.2, 0.25) is 0 Å². The highest BCUT2D eigenvalue weighted by atomic mass is 127. The van der Waals surface area contributed by atoms with Crippen LogP contribution in [0.15, 0.2) is 17.1 Å². The zero-order valence-corrected chi connectivity index (χ0v) is 19.7. The summed E-state index contributed by atoms with van der Waals surface area (Å²) in [5.41, 5.74) is 2.60. The van der Waals surface area contributed by atoms with Crippen LogP contribution in [0.2, 0.25) is 0 Å². The topological polar surface area (TPSA) is 55.3 Å². The van der Waals surface area contributed by atoms with E-state index in [2.05, 4.69) is 29.3 Å². The van der Waals surface area contributed by atoms with Gasteiger partial charge in [-0.2, -0.15) is 0 Å². The first-order valence-electron chi connectivity index (χ1n) is 10.1. The lowest BCUT2D eigenvalue weighted by Crippen LogP contribution is -2.44. The first-order valence-corrected chi connectivity index (χ1v) is 10.1. The maximum atomic E-state index is 5.71. The summed E-state index contributed by atoms with van der Waals surface area (Å²) in [5, 5.41) is 3.43. The van der Waals surface area contributed by atoms with Crippen LogP contribution in [0.4, 0.5) is 0 Å². The van der Waals surface area contributed by atoms with E-state index in [-0.39, 0.29) is 24.0 Å². The molecule has 1 aromatic carbocycles. The molecule has 1 saturated carbocycles. The maximum absolute atomic E-state index is 5.71. The zero-order valence-electron chi connectivity index (χ0n) is 17.3. The van der Waals surface area contributed by atoms with Gasteiger partial charge in [-0.25, -0.2) is 0 Å². The second kappa shape index (κ2) is 11.7. The summed E-state index contributed by atoms with van der Waals surface area (Å²) in [4.78, 5) is 7.14. The molecule has 0 radical (unpaired) electrons. The molecule has 1 aliphatic carbocycles. The van der Waals surface area contributed by atoms with Crippen molar-refractivity contribution in [1.29, 1.82) is 0 Å². The molecule has 0 aromatic heterocycles. The minimum Gasteiger partial charge on any atom is -0.493 e. The first kappa shape index (κ1) is 23.1. The lowest BCUT2D eigenvalue weighted by Gasteiger charge is -2.32. The monoisotopic (exact) mass is 503 g/mol. The van der Waals surface area contributed by atoms with Gasteiger partial charge in [-0.1, -0.05) is 0 Å². The standard InChI is InChI=1S/C21H33N3O3.HI/c1-4-22-21(23-9-5-11-27-15-16-6-7-16)24-10-8-17-12-19(25-2)20(26-3)13-18(17)14-24;/h12-13,16H,4-11,14-15H2,1-3H3,(H,22,23);1H. The summed E-state index contributed by atoms with van der Waals surface area (Å²) in [6.45, 7) is 7.29. The van der Waals surface area contributed by atoms with Crippen LogP contribution in [-0.4, -0.2) is 57.9 Å². The Kier molecular flexibility index (Phi) is 9.64. The Morgan fingerprint density at radius 1 is 1.18 bits per heavy atom. The third-order valence-electron chi connectivity index (χ3n) is 5.11. The molecule has 6 nitrogen and oxygen atoms in total. The largest absolute Gasteiger partial charge is 0.493 e. The van der Waals surface area contributed by atoms with Gasteiger partial charge in [-0.3, -0.25) is 4.99 Å². The highest BCUT2D eigenvalue weighted by molar-refractivity contribution is 14.0. The van der Waals surface area contributed by atoms with E-state index in [1.54, 1.807) is 14.2 Å². The molecule has 0 bridgehead atoms. The Balaban J connectivity index is 0.00000280. The lowest BCUT2D eigenvalue weighted by atomic mass is 9.99. The van der Waals surface area contributed by atoms with E-state index in [1.165, 1.54) is 24.0 Å². The SMILES string of the molecule is CCNC(=NCCCOCC1CC1)N1CCc2cc(OC)c(OC)cc2C1.I. The fraction of sp³-hybridized carbons (Fsp3) is 0.667. The van der Waals surface area contributed by atoms with Crippen LogP contribution < -0.4 is 14.8 Å². The van der Waals surface area contributed by atoms with Crippen molar-refractivity contribution >= 4 is 29.9 Å². The van der Waals surface area contributed by atoms with Gasteiger partial charge in [0, 0.05) is 39.4 Å². The Labute approximate surface area is 186 Å². The Bertz CT molecular complexity index is 650. The van der Waals surface area contributed by atoms with Crippen LogP contribution in [0.1, 0.15) is 37.3 Å². The van der Waals surface area contributed by atoms with Gasteiger partial charge in [0.05, 0.1) is 14.2 Å². The molecule has 1 heterocycles. The van der Waals surface area contributed by atoms with E-state index < -0.39 is 0 Å². The molecule has 1 fully saturated rings. The zero-order chi connectivity index (χ0) is 19.1. The third kappa shape index (κ3) is 6.40. The van der Waals surface area contributed by atoms with Crippen molar-refractivity contribution in [3.05, 3.63) is 23.3 Å². The molecule has 1 N–H and O–H groups in total. The van der Waals surface area contributed by atoms with Crippen LogP contribution in [-0.2, 0) is 17.7 Å². The molecule has 0 saturated heterocycles.